The van der Waals surface area contributed by atoms with Gasteiger partial charge in [-0.05, 0) is 24.6 Å². The zero-order valence-corrected chi connectivity index (χ0v) is 15.9. The normalized spacial score (nSPS) is 14.4. The van der Waals surface area contributed by atoms with Gasteiger partial charge in [0.25, 0.3) is 0 Å². The molecule has 1 amide bonds. The molecule has 1 aliphatic heterocycles. The van der Waals surface area contributed by atoms with E-state index in [1.807, 2.05) is 36.1 Å². The van der Waals surface area contributed by atoms with Crippen molar-refractivity contribution in [3.63, 3.8) is 0 Å². The number of anilines is 1. The molecule has 3 aromatic rings. The number of benzene rings is 2. The van der Waals surface area contributed by atoms with Crippen LogP contribution in [-0.2, 0) is 11.2 Å². The number of aromatic nitrogens is 2. The topological polar surface area (TPSA) is 41.4 Å². The van der Waals surface area contributed by atoms with Crippen LogP contribution in [0.25, 0.3) is 5.69 Å². The molecule has 0 unspecified atom stereocenters. The minimum atomic E-state index is -0.284. The van der Waals surface area contributed by atoms with Crippen LogP contribution >= 0.6 is 0 Å². The summed E-state index contributed by atoms with van der Waals surface area (Å²) in [6.07, 6.45) is 3.87. The first-order valence-electron chi connectivity index (χ1n) is 9.48. The highest BCUT2D eigenvalue weighted by Crippen LogP contribution is 2.22. The van der Waals surface area contributed by atoms with E-state index in [4.69, 9.17) is 0 Å². The van der Waals surface area contributed by atoms with E-state index in [2.05, 4.69) is 16.0 Å². The summed E-state index contributed by atoms with van der Waals surface area (Å²) in [7, 11) is 0. The smallest absolute Gasteiger partial charge is 0.227 e. The minimum absolute atomic E-state index is 0.141. The molecule has 0 atom stereocenters. The standard InChI is InChI=1S/C22H23FN4O/c1-17-5-4-6-18(15-17)16-21(28)25-11-13-26(14-12-25)22-24-9-10-27(22)20-8-3-2-7-19(20)23/h2-10,15H,11-14,16H2,1H3. The van der Waals surface area contributed by atoms with E-state index in [1.165, 1.54) is 6.07 Å². The Bertz CT molecular complexity index is 976. The summed E-state index contributed by atoms with van der Waals surface area (Å²) in [4.78, 5) is 21.1. The number of amides is 1. The number of piperazine rings is 1. The van der Waals surface area contributed by atoms with E-state index >= 15 is 0 Å². The van der Waals surface area contributed by atoms with Crippen LogP contribution in [0.1, 0.15) is 11.1 Å². The molecule has 28 heavy (non-hydrogen) atoms. The largest absolute Gasteiger partial charge is 0.339 e. The second-order valence-electron chi connectivity index (χ2n) is 7.08. The molecular formula is C22H23FN4O. The van der Waals surface area contributed by atoms with Gasteiger partial charge in [-0.25, -0.2) is 9.37 Å². The molecule has 6 heteroatoms. The fraction of sp³-hybridized carbons (Fsp3) is 0.273. The molecule has 0 bridgehead atoms. The molecule has 2 heterocycles. The van der Waals surface area contributed by atoms with Crippen molar-refractivity contribution in [2.75, 3.05) is 31.1 Å². The van der Waals surface area contributed by atoms with Crippen molar-refractivity contribution in [2.45, 2.75) is 13.3 Å². The Hall–Kier alpha value is -3.15. The number of rotatable bonds is 4. The fourth-order valence-electron chi connectivity index (χ4n) is 3.63. The Morgan fingerprint density at radius 3 is 2.61 bits per heavy atom. The quantitative estimate of drug-likeness (QED) is 0.700. The summed E-state index contributed by atoms with van der Waals surface area (Å²) in [5.74, 6) is 0.562. The van der Waals surface area contributed by atoms with Crippen LogP contribution in [0.3, 0.4) is 0 Å². The number of carbonyl (C=O) groups is 1. The Balaban J connectivity index is 1.42. The minimum Gasteiger partial charge on any atom is -0.339 e. The molecule has 0 spiro atoms. The number of hydrogen-bond donors (Lipinski definition) is 0. The van der Waals surface area contributed by atoms with Gasteiger partial charge in [0.15, 0.2) is 0 Å². The maximum Gasteiger partial charge on any atom is 0.227 e. The van der Waals surface area contributed by atoms with Crippen LogP contribution in [0, 0.1) is 12.7 Å². The number of imidazole rings is 1. The van der Waals surface area contributed by atoms with Crippen molar-refractivity contribution in [3.05, 3.63) is 77.9 Å². The van der Waals surface area contributed by atoms with Crippen LogP contribution in [0.2, 0.25) is 0 Å². The fourth-order valence-corrected chi connectivity index (χ4v) is 3.63. The molecule has 1 aliphatic rings. The van der Waals surface area contributed by atoms with Crippen molar-refractivity contribution in [3.8, 4) is 5.69 Å². The zero-order valence-electron chi connectivity index (χ0n) is 15.9. The van der Waals surface area contributed by atoms with Crippen molar-refractivity contribution < 1.29 is 9.18 Å². The van der Waals surface area contributed by atoms with E-state index in [0.29, 0.717) is 44.2 Å². The van der Waals surface area contributed by atoms with E-state index in [1.54, 1.807) is 29.1 Å². The lowest BCUT2D eigenvalue weighted by atomic mass is 10.1. The van der Waals surface area contributed by atoms with Gasteiger partial charge in [0, 0.05) is 38.6 Å². The Morgan fingerprint density at radius 2 is 1.86 bits per heavy atom. The first kappa shape index (κ1) is 18.2. The van der Waals surface area contributed by atoms with Gasteiger partial charge in [-0.2, -0.15) is 0 Å². The average Bonchev–Trinajstić information content (AvgIpc) is 3.18. The molecule has 5 nitrogen and oxygen atoms in total. The van der Waals surface area contributed by atoms with Crippen molar-refractivity contribution >= 4 is 11.9 Å². The molecule has 4 rings (SSSR count). The van der Waals surface area contributed by atoms with Crippen molar-refractivity contribution in [1.29, 1.82) is 0 Å². The van der Waals surface area contributed by atoms with Gasteiger partial charge in [0.05, 0.1) is 12.1 Å². The van der Waals surface area contributed by atoms with Gasteiger partial charge < -0.3 is 9.80 Å². The highest BCUT2D eigenvalue weighted by molar-refractivity contribution is 5.79. The summed E-state index contributed by atoms with van der Waals surface area (Å²) in [6.45, 7) is 4.64. The summed E-state index contributed by atoms with van der Waals surface area (Å²) < 4.78 is 15.9. The van der Waals surface area contributed by atoms with E-state index in [9.17, 15) is 9.18 Å². The number of carbonyl (C=O) groups excluding carboxylic acids is 1. The molecule has 1 fully saturated rings. The monoisotopic (exact) mass is 378 g/mol. The average molecular weight is 378 g/mol. The summed E-state index contributed by atoms with van der Waals surface area (Å²) in [5.41, 5.74) is 2.69. The highest BCUT2D eigenvalue weighted by Gasteiger charge is 2.24. The molecule has 1 aromatic heterocycles. The predicted octanol–water partition coefficient (Wildman–Crippen LogP) is 3.21. The molecule has 0 aliphatic carbocycles. The molecule has 1 saturated heterocycles. The number of nitrogens with zero attached hydrogens (tertiary/aromatic N) is 4. The molecule has 0 N–H and O–H groups in total. The first-order valence-corrected chi connectivity index (χ1v) is 9.48. The number of para-hydroxylation sites is 1. The number of aryl methyl sites for hydroxylation is 1. The molecule has 2 aromatic carbocycles. The van der Waals surface area contributed by atoms with Gasteiger partial charge in [-0.3, -0.25) is 9.36 Å². The third-order valence-corrected chi connectivity index (χ3v) is 5.09. The van der Waals surface area contributed by atoms with Crippen molar-refractivity contribution in [1.82, 2.24) is 14.5 Å². The zero-order chi connectivity index (χ0) is 19.5. The Kier molecular flexibility index (Phi) is 5.10. The predicted molar refractivity (Wildman–Crippen MR) is 107 cm³/mol. The van der Waals surface area contributed by atoms with Crippen LogP contribution < -0.4 is 4.90 Å². The lowest BCUT2D eigenvalue weighted by Gasteiger charge is -2.35. The van der Waals surface area contributed by atoms with Crippen LogP contribution in [-0.4, -0.2) is 46.5 Å². The third kappa shape index (κ3) is 3.76. The van der Waals surface area contributed by atoms with Crippen LogP contribution in [0.4, 0.5) is 10.3 Å². The Labute approximate surface area is 164 Å². The van der Waals surface area contributed by atoms with Crippen LogP contribution in [0.15, 0.2) is 60.9 Å². The maximum atomic E-state index is 14.2. The Morgan fingerprint density at radius 1 is 1.07 bits per heavy atom. The van der Waals surface area contributed by atoms with E-state index in [-0.39, 0.29) is 11.7 Å². The van der Waals surface area contributed by atoms with Gasteiger partial charge in [-0.15, -0.1) is 0 Å². The second kappa shape index (κ2) is 7.84. The third-order valence-electron chi connectivity index (χ3n) is 5.09. The van der Waals surface area contributed by atoms with Gasteiger partial charge >= 0.3 is 0 Å². The number of halogens is 1. The summed E-state index contributed by atoms with van der Waals surface area (Å²) in [5, 5.41) is 0. The van der Waals surface area contributed by atoms with E-state index in [0.717, 1.165) is 11.1 Å². The second-order valence-corrected chi connectivity index (χ2v) is 7.08. The van der Waals surface area contributed by atoms with Crippen LogP contribution in [0.5, 0.6) is 0 Å². The summed E-state index contributed by atoms with van der Waals surface area (Å²) >= 11 is 0. The highest BCUT2D eigenvalue weighted by atomic mass is 19.1. The van der Waals surface area contributed by atoms with Gasteiger partial charge in [-0.1, -0.05) is 42.0 Å². The van der Waals surface area contributed by atoms with Gasteiger partial charge in [0.1, 0.15) is 5.82 Å². The van der Waals surface area contributed by atoms with Gasteiger partial charge in [0.2, 0.25) is 11.9 Å². The van der Waals surface area contributed by atoms with E-state index < -0.39 is 0 Å². The first-order chi connectivity index (χ1) is 13.6. The molecule has 0 saturated carbocycles. The molecule has 144 valence electrons. The molecule has 0 radical (unpaired) electrons. The maximum absolute atomic E-state index is 14.2. The summed E-state index contributed by atoms with van der Waals surface area (Å²) in [6, 6.07) is 14.7. The lowest BCUT2D eigenvalue weighted by Crippen LogP contribution is -2.49. The van der Waals surface area contributed by atoms with Crippen molar-refractivity contribution in [2.24, 2.45) is 0 Å². The SMILES string of the molecule is Cc1cccc(CC(=O)N2CCN(c3nccn3-c3ccccc3F)CC2)c1. The lowest BCUT2D eigenvalue weighted by molar-refractivity contribution is -0.130. The number of hydrogen-bond acceptors (Lipinski definition) is 3. The molecular weight excluding hydrogens is 355 g/mol.